The van der Waals surface area contributed by atoms with Gasteiger partial charge in [0, 0.05) is 38.4 Å². The molecule has 1 N–H and O–H groups in total. The van der Waals surface area contributed by atoms with Crippen LogP contribution in [0.2, 0.25) is 0 Å². The van der Waals surface area contributed by atoms with Gasteiger partial charge in [-0.25, -0.2) is 0 Å². The van der Waals surface area contributed by atoms with Crippen LogP contribution in [0.4, 0.5) is 5.69 Å². The second-order valence-corrected chi connectivity index (χ2v) is 7.00. The van der Waals surface area contributed by atoms with Gasteiger partial charge in [0.2, 0.25) is 0 Å². The van der Waals surface area contributed by atoms with Gasteiger partial charge in [-0.05, 0) is 31.5 Å². The van der Waals surface area contributed by atoms with Crippen molar-refractivity contribution in [1.29, 1.82) is 0 Å². The van der Waals surface area contributed by atoms with E-state index in [-0.39, 0.29) is 0 Å². The fourth-order valence-electron chi connectivity index (χ4n) is 2.55. The molecule has 0 amide bonds. The number of likely N-dealkylation sites (N-methyl/N-ethyl adjacent to an activating group) is 1. The average molecular weight is 295 g/mol. The molecule has 0 radical (unpaired) electrons. The van der Waals surface area contributed by atoms with E-state index in [1.54, 1.807) is 0 Å². The molecule has 4 heteroatoms. The average Bonchev–Trinajstić information content (AvgIpc) is 2.49. The Hall–Kier alpha value is -0.630. The van der Waals surface area contributed by atoms with Crippen molar-refractivity contribution in [3.8, 4) is 0 Å². The van der Waals surface area contributed by atoms with Crippen LogP contribution >= 0.6 is 9.39 Å². The quantitative estimate of drug-likeness (QED) is 0.846. The maximum absolute atomic E-state index is 3.21. The molecule has 0 aromatic heterocycles. The van der Waals surface area contributed by atoms with Crippen molar-refractivity contribution < 1.29 is 0 Å². The second kappa shape index (κ2) is 8.61. The van der Waals surface area contributed by atoms with Crippen LogP contribution in [0.15, 0.2) is 30.3 Å². The fraction of sp³-hybridized carbons (Fsp3) is 0.625. The van der Waals surface area contributed by atoms with Gasteiger partial charge in [-0.1, -0.05) is 41.4 Å². The lowest BCUT2D eigenvalue weighted by molar-refractivity contribution is 0.234. The van der Waals surface area contributed by atoms with Gasteiger partial charge in [0.15, 0.2) is 0 Å². The van der Waals surface area contributed by atoms with Crippen molar-refractivity contribution in [2.75, 3.05) is 45.1 Å². The minimum absolute atomic E-state index is 0.438. The van der Waals surface area contributed by atoms with Crippen molar-refractivity contribution >= 4 is 15.1 Å². The van der Waals surface area contributed by atoms with E-state index in [1.807, 2.05) is 18.2 Å². The zero-order valence-electron chi connectivity index (χ0n) is 13.4. The van der Waals surface area contributed by atoms with Gasteiger partial charge in [0.05, 0.1) is 0 Å². The number of para-hydroxylation sites is 1. The van der Waals surface area contributed by atoms with E-state index in [0.29, 0.717) is 5.41 Å². The Morgan fingerprint density at radius 3 is 2.40 bits per heavy atom. The number of anilines is 1. The van der Waals surface area contributed by atoms with Gasteiger partial charge in [0.1, 0.15) is 0 Å². The summed E-state index contributed by atoms with van der Waals surface area (Å²) in [6.45, 7) is 12.5. The molecule has 0 bridgehead atoms. The van der Waals surface area contributed by atoms with Crippen molar-refractivity contribution in [3.63, 3.8) is 0 Å². The molecule has 1 aliphatic heterocycles. The summed E-state index contributed by atoms with van der Waals surface area (Å²) in [5, 5.41) is 3.21. The number of benzene rings is 1. The summed E-state index contributed by atoms with van der Waals surface area (Å²) in [4.78, 5) is 2.41. The predicted octanol–water partition coefficient (Wildman–Crippen LogP) is 3.17. The number of rotatable bonds is 2. The lowest BCUT2D eigenvalue weighted by atomic mass is 9.93. The standard InChI is InChI=1S/C8H19N2P.C8H11N/c1-8(2)6-9(3)4-5-10(11)7-8;1-2-9-8-6-4-3-5-7-8/h4-7,11H2,1-3H3;3-7,9H,2H2,1H3. The number of nitrogens with one attached hydrogen (secondary N) is 1. The predicted molar refractivity (Wildman–Crippen MR) is 93.2 cm³/mol. The first kappa shape index (κ1) is 17.4. The highest BCUT2D eigenvalue weighted by Gasteiger charge is 2.25. The summed E-state index contributed by atoms with van der Waals surface area (Å²) >= 11 is 0. The van der Waals surface area contributed by atoms with Crippen LogP contribution in [0, 0.1) is 5.41 Å². The van der Waals surface area contributed by atoms with Crippen molar-refractivity contribution in [1.82, 2.24) is 9.57 Å². The lowest BCUT2D eigenvalue weighted by Crippen LogP contribution is -2.32. The van der Waals surface area contributed by atoms with Gasteiger partial charge >= 0.3 is 0 Å². The first-order valence-corrected chi connectivity index (χ1v) is 7.92. The minimum Gasteiger partial charge on any atom is -0.385 e. The van der Waals surface area contributed by atoms with E-state index in [0.717, 1.165) is 6.54 Å². The van der Waals surface area contributed by atoms with Crippen LogP contribution in [0.1, 0.15) is 20.8 Å². The first-order valence-electron chi connectivity index (χ1n) is 7.40. The molecule has 0 saturated carbocycles. The highest BCUT2D eigenvalue weighted by atomic mass is 31.0. The molecule has 1 atom stereocenters. The SMILES string of the molecule is CCNc1ccccc1.CN1CCN(P)CC(C)(C)C1. The summed E-state index contributed by atoms with van der Waals surface area (Å²) < 4.78 is 2.34. The Morgan fingerprint density at radius 2 is 1.80 bits per heavy atom. The molecule has 1 aromatic carbocycles. The molecule has 1 saturated heterocycles. The van der Waals surface area contributed by atoms with E-state index < -0.39 is 0 Å². The minimum atomic E-state index is 0.438. The molecule has 1 fully saturated rings. The van der Waals surface area contributed by atoms with Crippen LogP contribution in [0.3, 0.4) is 0 Å². The van der Waals surface area contributed by atoms with E-state index in [9.17, 15) is 0 Å². The third-order valence-corrected chi connectivity index (χ3v) is 3.69. The van der Waals surface area contributed by atoms with Gasteiger partial charge in [0.25, 0.3) is 0 Å². The zero-order chi connectivity index (χ0) is 15.0. The summed E-state index contributed by atoms with van der Waals surface area (Å²) in [5.74, 6) is 0. The number of hydrogen-bond acceptors (Lipinski definition) is 3. The van der Waals surface area contributed by atoms with Gasteiger partial charge < -0.3 is 10.2 Å². The van der Waals surface area contributed by atoms with Crippen LogP contribution in [-0.4, -0.2) is 49.3 Å². The smallest absolute Gasteiger partial charge is 0.0340 e. The molecule has 20 heavy (non-hydrogen) atoms. The van der Waals surface area contributed by atoms with E-state index >= 15 is 0 Å². The van der Waals surface area contributed by atoms with Crippen molar-refractivity contribution in [3.05, 3.63) is 30.3 Å². The van der Waals surface area contributed by atoms with Gasteiger partial charge in [-0.2, -0.15) is 0 Å². The highest BCUT2D eigenvalue weighted by Crippen LogP contribution is 2.22. The Balaban J connectivity index is 0.000000204. The summed E-state index contributed by atoms with van der Waals surface area (Å²) in [7, 11) is 5.00. The normalized spacial score (nSPS) is 19.6. The maximum atomic E-state index is 3.21. The number of hydrogen-bond donors (Lipinski definition) is 1. The van der Waals surface area contributed by atoms with Crippen LogP contribution in [-0.2, 0) is 0 Å². The number of nitrogens with zero attached hydrogens (tertiary/aromatic N) is 2. The monoisotopic (exact) mass is 295 g/mol. The van der Waals surface area contributed by atoms with Crippen molar-refractivity contribution in [2.24, 2.45) is 5.41 Å². The molecule has 2 rings (SSSR count). The first-order chi connectivity index (χ1) is 9.43. The molecule has 0 spiro atoms. The second-order valence-electron chi connectivity index (χ2n) is 6.27. The van der Waals surface area contributed by atoms with Gasteiger partial charge in [-0.15, -0.1) is 0 Å². The van der Waals surface area contributed by atoms with E-state index in [2.05, 4.69) is 64.2 Å². The maximum Gasteiger partial charge on any atom is 0.0340 e. The Morgan fingerprint density at radius 1 is 1.15 bits per heavy atom. The Labute approximate surface area is 127 Å². The highest BCUT2D eigenvalue weighted by molar-refractivity contribution is 7.13. The van der Waals surface area contributed by atoms with E-state index in [1.165, 1.54) is 31.9 Å². The van der Waals surface area contributed by atoms with Crippen LogP contribution in [0.25, 0.3) is 0 Å². The lowest BCUT2D eigenvalue weighted by Gasteiger charge is -2.27. The topological polar surface area (TPSA) is 18.5 Å². The molecule has 1 aromatic rings. The Kier molecular flexibility index (Phi) is 7.50. The van der Waals surface area contributed by atoms with Gasteiger partial charge in [-0.3, -0.25) is 4.67 Å². The largest absolute Gasteiger partial charge is 0.385 e. The molecule has 1 aliphatic rings. The van der Waals surface area contributed by atoms with Crippen molar-refractivity contribution in [2.45, 2.75) is 20.8 Å². The fourth-order valence-corrected chi connectivity index (χ4v) is 3.16. The van der Waals surface area contributed by atoms with Crippen LogP contribution in [0.5, 0.6) is 0 Å². The summed E-state index contributed by atoms with van der Waals surface area (Å²) in [5.41, 5.74) is 1.63. The van der Waals surface area contributed by atoms with E-state index in [4.69, 9.17) is 0 Å². The molecule has 1 unspecified atom stereocenters. The molecule has 0 aliphatic carbocycles. The third kappa shape index (κ3) is 7.23. The summed E-state index contributed by atoms with van der Waals surface area (Å²) in [6, 6.07) is 10.2. The molecular formula is C16H30N3P. The molecule has 3 nitrogen and oxygen atoms in total. The third-order valence-electron chi connectivity index (χ3n) is 3.25. The zero-order valence-corrected chi connectivity index (χ0v) is 14.5. The Bertz CT molecular complexity index is 353. The molecule has 114 valence electrons. The molecule has 1 heterocycles. The summed E-state index contributed by atoms with van der Waals surface area (Å²) in [6.07, 6.45) is 0. The molecular weight excluding hydrogens is 265 g/mol. The van der Waals surface area contributed by atoms with Crippen LogP contribution < -0.4 is 5.32 Å².